The van der Waals surface area contributed by atoms with Gasteiger partial charge in [-0.25, -0.2) is 0 Å². The summed E-state index contributed by atoms with van der Waals surface area (Å²) in [5.74, 6) is 0.0618. The van der Waals surface area contributed by atoms with Gasteiger partial charge in [0.15, 0.2) is 5.78 Å². The van der Waals surface area contributed by atoms with Gasteiger partial charge in [-0.2, -0.15) is 0 Å². The van der Waals surface area contributed by atoms with E-state index in [1.807, 2.05) is 36.4 Å². The Hall–Kier alpha value is -0.890. The predicted molar refractivity (Wildman–Crippen MR) is 67.3 cm³/mol. The highest BCUT2D eigenvalue weighted by molar-refractivity contribution is 9.12. The summed E-state index contributed by atoms with van der Waals surface area (Å²) in [6.07, 6.45) is 5.18. The molecule has 80 valence electrons. The predicted octanol–water partition coefficient (Wildman–Crippen LogP) is 4.34. The van der Waals surface area contributed by atoms with Crippen LogP contribution in [0.2, 0.25) is 0 Å². The number of unbranched alkanes of at least 4 members (excludes halogenated alkanes) is 2. The van der Waals surface area contributed by atoms with Crippen LogP contribution < -0.4 is 0 Å². The number of hydrogen-bond donors (Lipinski definition) is 0. The number of Topliss-reactive ketones (excluding diaryl/α,β-unsaturated/α-hetero) is 1. The number of rotatable bonds is 5. The quantitative estimate of drug-likeness (QED) is 0.440. The number of halogens is 1. The lowest BCUT2D eigenvalue weighted by Crippen LogP contribution is -1.97. The Morgan fingerprint density at radius 1 is 1.33 bits per heavy atom. The molecule has 0 aliphatic rings. The molecule has 1 nitrogen and oxygen atoms in total. The lowest BCUT2D eigenvalue weighted by Gasteiger charge is -1.99. The Bertz CT molecular complexity index is 341. The maximum atomic E-state index is 11.8. The minimum Gasteiger partial charge on any atom is -0.288 e. The van der Waals surface area contributed by atoms with Gasteiger partial charge in [-0.1, -0.05) is 56.2 Å². The van der Waals surface area contributed by atoms with Crippen LogP contribution in [-0.2, 0) is 0 Å². The molecule has 1 rings (SSSR count). The zero-order valence-corrected chi connectivity index (χ0v) is 10.5. The summed E-state index contributed by atoms with van der Waals surface area (Å²) in [6.45, 7) is 2.14. The number of benzene rings is 1. The second-order valence-electron chi connectivity index (χ2n) is 3.39. The zero-order chi connectivity index (χ0) is 11.1. The summed E-state index contributed by atoms with van der Waals surface area (Å²) in [4.78, 5) is 11.8. The fraction of sp³-hybridized carbons (Fsp3) is 0.308. The van der Waals surface area contributed by atoms with Crippen molar-refractivity contribution < 1.29 is 4.79 Å². The molecule has 1 aromatic carbocycles. The summed E-state index contributed by atoms with van der Waals surface area (Å²) in [5.41, 5.74) is 0.733. The Balaban J connectivity index is 2.65. The van der Waals surface area contributed by atoms with Crippen LogP contribution in [0.1, 0.15) is 36.5 Å². The van der Waals surface area contributed by atoms with Gasteiger partial charge in [-0.05, 0) is 22.4 Å². The van der Waals surface area contributed by atoms with Crippen molar-refractivity contribution in [1.29, 1.82) is 0 Å². The van der Waals surface area contributed by atoms with Crippen molar-refractivity contribution in [1.82, 2.24) is 0 Å². The van der Waals surface area contributed by atoms with Crippen LogP contribution in [0.15, 0.2) is 40.9 Å². The van der Waals surface area contributed by atoms with E-state index in [-0.39, 0.29) is 5.78 Å². The number of carbonyl (C=O) groups is 1. The minimum absolute atomic E-state index is 0.0618. The molecule has 15 heavy (non-hydrogen) atoms. The smallest absolute Gasteiger partial charge is 0.199 e. The first-order valence-electron chi connectivity index (χ1n) is 5.21. The van der Waals surface area contributed by atoms with Gasteiger partial charge < -0.3 is 0 Å². The molecule has 0 unspecified atom stereocenters. The maximum absolute atomic E-state index is 11.8. The lowest BCUT2D eigenvalue weighted by atomic mass is 10.1. The summed E-state index contributed by atoms with van der Waals surface area (Å²) < 4.78 is 0.669. The zero-order valence-electron chi connectivity index (χ0n) is 8.87. The molecule has 0 aliphatic carbocycles. The first-order chi connectivity index (χ1) is 7.25. The van der Waals surface area contributed by atoms with E-state index in [1.54, 1.807) is 0 Å². The van der Waals surface area contributed by atoms with Crippen LogP contribution >= 0.6 is 15.9 Å². The standard InChI is InChI=1S/C13H15BrO/c1-2-3-5-10-12(14)13(15)11-8-6-4-7-9-11/h4,6-10H,2-3,5H2,1H3/b12-10-. The Morgan fingerprint density at radius 2 is 2.00 bits per heavy atom. The molecule has 0 radical (unpaired) electrons. The molecule has 0 saturated carbocycles. The van der Waals surface area contributed by atoms with Gasteiger partial charge in [0.25, 0.3) is 0 Å². The summed E-state index contributed by atoms with van der Waals surface area (Å²) in [5, 5.41) is 0. The molecule has 0 aliphatic heterocycles. The minimum atomic E-state index is 0.0618. The molecule has 1 aromatic rings. The van der Waals surface area contributed by atoms with Crippen molar-refractivity contribution in [2.24, 2.45) is 0 Å². The summed E-state index contributed by atoms with van der Waals surface area (Å²) in [6, 6.07) is 9.32. The lowest BCUT2D eigenvalue weighted by molar-refractivity contribution is 0.104. The molecule has 0 saturated heterocycles. The molecule has 0 bridgehead atoms. The third-order valence-electron chi connectivity index (χ3n) is 2.13. The van der Waals surface area contributed by atoms with Gasteiger partial charge >= 0.3 is 0 Å². The molecular formula is C13H15BrO. The van der Waals surface area contributed by atoms with Crippen LogP contribution in [0.4, 0.5) is 0 Å². The van der Waals surface area contributed by atoms with Crippen molar-refractivity contribution in [2.45, 2.75) is 26.2 Å². The topological polar surface area (TPSA) is 17.1 Å². The summed E-state index contributed by atoms with van der Waals surface area (Å²) in [7, 11) is 0. The third-order valence-corrected chi connectivity index (χ3v) is 2.82. The SMILES string of the molecule is CCCC/C=C(\Br)C(=O)c1ccccc1. The second kappa shape index (κ2) is 6.57. The monoisotopic (exact) mass is 266 g/mol. The van der Waals surface area contributed by atoms with Crippen LogP contribution in [-0.4, -0.2) is 5.78 Å². The fourth-order valence-corrected chi connectivity index (χ4v) is 1.71. The van der Waals surface area contributed by atoms with Crippen molar-refractivity contribution in [3.05, 3.63) is 46.5 Å². The first-order valence-corrected chi connectivity index (χ1v) is 6.00. The van der Waals surface area contributed by atoms with E-state index in [9.17, 15) is 4.79 Å². The van der Waals surface area contributed by atoms with Crippen molar-refractivity contribution in [3.63, 3.8) is 0 Å². The van der Waals surface area contributed by atoms with Gasteiger partial charge in [0, 0.05) is 5.56 Å². The third kappa shape index (κ3) is 4.00. The average Bonchev–Trinajstić information content (AvgIpc) is 2.29. The number of carbonyl (C=O) groups excluding carboxylic acids is 1. The maximum Gasteiger partial charge on any atom is 0.199 e. The van der Waals surface area contributed by atoms with E-state index in [4.69, 9.17) is 0 Å². The molecule has 0 amide bonds. The van der Waals surface area contributed by atoms with Crippen LogP contribution in [0, 0.1) is 0 Å². The van der Waals surface area contributed by atoms with E-state index < -0.39 is 0 Å². The van der Waals surface area contributed by atoms with Gasteiger partial charge in [0.1, 0.15) is 0 Å². The van der Waals surface area contributed by atoms with E-state index in [2.05, 4.69) is 22.9 Å². The van der Waals surface area contributed by atoms with Gasteiger partial charge in [-0.15, -0.1) is 0 Å². The largest absolute Gasteiger partial charge is 0.288 e. The second-order valence-corrected chi connectivity index (χ2v) is 4.24. The van der Waals surface area contributed by atoms with Gasteiger partial charge in [-0.3, -0.25) is 4.79 Å². The highest BCUT2D eigenvalue weighted by Gasteiger charge is 2.07. The normalized spacial score (nSPS) is 11.5. The highest BCUT2D eigenvalue weighted by atomic mass is 79.9. The van der Waals surface area contributed by atoms with Crippen LogP contribution in [0.3, 0.4) is 0 Å². The molecule has 0 atom stereocenters. The van der Waals surface area contributed by atoms with Gasteiger partial charge in [0.05, 0.1) is 4.48 Å². The van der Waals surface area contributed by atoms with Gasteiger partial charge in [0.2, 0.25) is 0 Å². The molecule has 2 heteroatoms. The number of allylic oxidation sites excluding steroid dienone is 2. The summed E-state index contributed by atoms with van der Waals surface area (Å²) >= 11 is 3.32. The fourth-order valence-electron chi connectivity index (χ4n) is 1.25. The first kappa shape index (κ1) is 12.2. The molecule has 0 heterocycles. The Kier molecular flexibility index (Phi) is 5.33. The average molecular weight is 267 g/mol. The van der Waals surface area contributed by atoms with Crippen LogP contribution in [0.25, 0.3) is 0 Å². The molecule has 0 fully saturated rings. The van der Waals surface area contributed by atoms with Crippen molar-refractivity contribution in [2.75, 3.05) is 0 Å². The van der Waals surface area contributed by atoms with E-state index in [1.165, 1.54) is 0 Å². The van der Waals surface area contributed by atoms with Crippen molar-refractivity contribution in [3.8, 4) is 0 Å². The van der Waals surface area contributed by atoms with Crippen LogP contribution in [0.5, 0.6) is 0 Å². The van der Waals surface area contributed by atoms with E-state index in [0.29, 0.717) is 4.48 Å². The van der Waals surface area contributed by atoms with Crippen molar-refractivity contribution >= 4 is 21.7 Å². The van der Waals surface area contributed by atoms with E-state index >= 15 is 0 Å². The molecule has 0 spiro atoms. The molecule has 0 aromatic heterocycles. The van der Waals surface area contributed by atoms with E-state index in [0.717, 1.165) is 24.8 Å². The number of ketones is 1. The molecule has 0 N–H and O–H groups in total. The Labute approximate surface area is 99.3 Å². The molecular weight excluding hydrogens is 252 g/mol. The Morgan fingerprint density at radius 3 is 2.60 bits per heavy atom. The number of hydrogen-bond acceptors (Lipinski definition) is 1. The highest BCUT2D eigenvalue weighted by Crippen LogP contribution is 2.15.